The largest absolute Gasteiger partial charge is 0.402 e. The smallest absolute Gasteiger partial charge is 0.244 e. The van der Waals surface area contributed by atoms with Gasteiger partial charge in [-0.15, -0.1) is 11.3 Å². The van der Waals surface area contributed by atoms with E-state index in [1.165, 1.54) is 11.3 Å². The molecule has 2 heterocycles. The Morgan fingerprint density at radius 2 is 1.81 bits per heavy atom. The molecule has 3 unspecified atom stereocenters. The minimum absolute atomic E-state index is 0.0591. The van der Waals surface area contributed by atoms with E-state index in [1.807, 2.05) is 18.2 Å². The van der Waals surface area contributed by atoms with Crippen molar-refractivity contribution in [2.45, 2.75) is 37.4 Å². The van der Waals surface area contributed by atoms with Crippen molar-refractivity contribution in [3.63, 3.8) is 0 Å². The SMILES string of the molecule is O=S1(=O)NC2(CN1CC(F)(F)F)C1CCC2Cc2cc(-c3ncc(-c4ccc(Cl)cc4Cl)s3)ccc2C1. The van der Waals surface area contributed by atoms with E-state index < -0.39 is 28.5 Å². The van der Waals surface area contributed by atoms with Crippen LogP contribution in [0.2, 0.25) is 10.0 Å². The van der Waals surface area contributed by atoms with Gasteiger partial charge in [-0.3, -0.25) is 0 Å². The van der Waals surface area contributed by atoms with E-state index in [9.17, 15) is 21.6 Å². The Bertz CT molecular complexity index is 1490. The summed E-state index contributed by atoms with van der Waals surface area (Å²) in [6.45, 7) is -1.62. The molecule has 37 heavy (non-hydrogen) atoms. The molecule has 3 aromatic rings. The molecule has 1 aliphatic heterocycles. The van der Waals surface area contributed by atoms with E-state index in [2.05, 4.69) is 15.8 Å². The molecule has 1 saturated carbocycles. The number of fused-ring (bicyclic) bond motifs is 1. The lowest BCUT2D eigenvalue weighted by Gasteiger charge is -2.33. The number of rotatable bonds is 3. The highest BCUT2D eigenvalue weighted by molar-refractivity contribution is 7.87. The third-order valence-electron chi connectivity index (χ3n) is 7.86. The van der Waals surface area contributed by atoms with Crippen molar-refractivity contribution in [2.24, 2.45) is 11.8 Å². The highest BCUT2D eigenvalue weighted by Gasteiger charge is 2.60. The lowest BCUT2D eigenvalue weighted by atomic mass is 9.79. The molecule has 2 aromatic carbocycles. The summed E-state index contributed by atoms with van der Waals surface area (Å²) >= 11 is 13.9. The van der Waals surface area contributed by atoms with Gasteiger partial charge in [0.05, 0.1) is 15.4 Å². The number of halogens is 5. The molecule has 3 aliphatic rings. The molecule has 5 nitrogen and oxygen atoms in total. The van der Waals surface area contributed by atoms with Gasteiger partial charge in [-0.05, 0) is 66.8 Å². The summed E-state index contributed by atoms with van der Waals surface area (Å²) in [6.07, 6.45) is -0.0363. The second-order valence-electron chi connectivity index (χ2n) is 10.0. The minimum atomic E-state index is -4.59. The van der Waals surface area contributed by atoms with Crippen molar-refractivity contribution in [1.29, 1.82) is 0 Å². The summed E-state index contributed by atoms with van der Waals surface area (Å²) in [6, 6.07) is 11.5. The van der Waals surface area contributed by atoms with Crippen LogP contribution in [0.5, 0.6) is 0 Å². The molecule has 6 rings (SSSR count). The first-order valence-corrected chi connectivity index (χ1v) is 14.8. The van der Waals surface area contributed by atoms with Crippen LogP contribution in [0, 0.1) is 11.8 Å². The Labute approximate surface area is 226 Å². The van der Waals surface area contributed by atoms with Crippen LogP contribution in [-0.4, -0.2) is 42.5 Å². The molecule has 2 fully saturated rings. The molecule has 2 bridgehead atoms. The van der Waals surface area contributed by atoms with Crippen molar-refractivity contribution in [2.75, 3.05) is 13.1 Å². The van der Waals surface area contributed by atoms with E-state index in [1.54, 1.807) is 18.3 Å². The molecule has 0 radical (unpaired) electrons. The average molecular weight is 589 g/mol. The van der Waals surface area contributed by atoms with Crippen LogP contribution in [0.3, 0.4) is 0 Å². The second-order valence-corrected chi connectivity index (χ2v) is 13.6. The molecule has 2 aliphatic carbocycles. The molecule has 0 amide bonds. The number of hydrogen-bond donors (Lipinski definition) is 1. The summed E-state index contributed by atoms with van der Waals surface area (Å²) in [5.41, 5.74) is 3.11. The minimum Gasteiger partial charge on any atom is -0.244 e. The molecule has 1 aromatic heterocycles. The maximum Gasteiger partial charge on any atom is 0.402 e. The standard InChI is InChI=1S/C25H22Cl2F3N3O2S2/c26-19-5-6-20(21(27)10-19)22-11-31-23(36-22)15-2-1-14-8-17-3-4-18(9-16(14)7-15)24(17)12-33(13-25(28,29)30)37(34,35)32-24/h1-2,5-7,10-11,17-18,32H,3-4,8-9,12-13H2. The van der Waals surface area contributed by atoms with E-state index in [0.29, 0.717) is 27.2 Å². The monoisotopic (exact) mass is 587 g/mol. The van der Waals surface area contributed by atoms with Gasteiger partial charge in [-0.2, -0.15) is 30.6 Å². The molecule has 196 valence electrons. The zero-order valence-corrected chi connectivity index (χ0v) is 22.5. The van der Waals surface area contributed by atoms with Crippen molar-refractivity contribution in [3.8, 4) is 21.0 Å². The highest BCUT2D eigenvalue weighted by atomic mass is 35.5. The molecule has 1 N–H and O–H groups in total. The Balaban J connectivity index is 1.29. The van der Waals surface area contributed by atoms with Gasteiger partial charge in [0.25, 0.3) is 10.2 Å². The van der Waals surface area contributed by atoms with Gasteiger partial charge in [0.1, 0.15) is 11.6 Å². The van der Waals surface area contributed by atoms with Gasteiger partial charge in [0.15, 0.2) is 0 Å². The van der Waals surface area contributed by atoms with Gasteiger partial charge >= 0.3 is 6.18 Å². The fourth-order valence-electron chi connectivity index (χ4n) is 6.20. The first kappa shape index (κ1) is 25.6. The number of hydrogen-bond acceptors (Lipinski definition) is 4. The number of nitrogens with zero attached hydrogens (tertiary/aromatic N) is 2. The van der Waals surface area contributed by atoms with Gasteiger partial charge in [0, 0.05) is 28.9 Å². The first-order valence-electron chi connectivity index (χ1n) is 11.8. The lowest BCUT2D eigenvalue weighted by Crippen LogP contribution is -2.52. The summed E-state index contributed by atoms with van der Waals surface area (Å²) in [4.78, 5) is 5.51. The second kappa shape index (κ2) is 8.93. The van der Waals surface area contributed by atoms with Gasteiger partial charge in [-0.25, -0.2) is 4.98 Å². The van der Waals surface area contributed by atoms with E-state index in [4.69, 9.17) is 23.2 Å². The zero-order valence-electron chi connectivity index (χ0n) is 19.4. The molecule has 12 heteroatoms. The molecule has 3 atom stereocenters. The van der Waals surface area contributed by atoms with Crippen molar-refractivity contribution >= 4 is 44.7 Å². The first-order chi connectivity index (χ1) is 17.4. The molecular weight excluding hydrogens is 566 g/mol. The topological polar surface area (TPSA) is 62.3 Å². The van der Waals surface area contributed by atoms with Gasteiger partial charge in [-0.1, -0.05) is 41.4 Å². The molecular formula is C25H22Cl2F3N3O2S2. The number of alkyl halides is 3. The third kappa shape index (κ3) is 4.59. The van der Waals surface area contributed by atoms with Crippen LogP contribution in [0.25, 0.3) is 21.0 Å². The van der Waals surface area contributed by atoms with Crippen molar-refractivity contribution < 1.29 is 21.6 Å². The van der Waals surface area contributed by atoms with Crippen LogP contribution in [0.4, 0.5) is 13.2 Å². The Kier molecular flexibility index (Phi) is 6.17. The summed E-state index contributed by atoms with van der Waals surface area (Å²) in [7, 11) is -4.20. The highest BCUT2D eigenvalue weighted by Crippen LogP contribution is 2.51. The maximum atomic E-state index is 13.1. The zero-order chi connectivity index (χ0) is 26.2. The molecule has 1 saturated heterocycles. The fraction of sp³-hybridized carbons (Fsp3) is 0.400. The Hall–Kier alpha value is -1.69. The fourth-order valence-corrected chi connectivity index (χ4v) is 9.42. The van der Waals surface area contributed by atoms with Crippen molar-refractivity contribution in [1.82, 2.24) is 14.0 Å². The summed E-state index contributed by atoms with van der Waals surface area (Å²) in [5.74, 6) is -0.141. The number of thiazole rings is 1. The summed E-state index contributed by atoms with van der Waals surface area (Å²) < 4.78 is 68.0. The van der Waals surface area contributed by atoms with Crippen LogP contribution in [0.15, 0.2) is 42.6 Å². The van der Waals surface area contributed by atoms with E-state index in [-0.39, 0.29) is 18.4 Å². The third-order valence-corrected chi connectivity index (χ3v) is 11.1. The van der Waals surface area contributed by atoms with Crippen LogP contribution in [0.1, 0.15) is 24.0 Å². The van der Waals surface area contributed by atoms with Gasteiger partial charge < -0.3 is 0 Å². The normalized spacial score (nSPS) is 26.9. The maximum absolute atomic E-state index is 13.1. The summed E-state index contributed by atoms with van der Waals surface area (Å²) in [5, 5.41) is 1.93. The molecule has 1 spiro atoms. The quantitative estimate of drug-likeness (QED) is 0.388. The van der Waals surface area contributed by atoms with Gasteiger partial charge in [0.2, 0.25) is 0 Å². The Morgan fingerprint density at radius 1 is 1.08 bits per heavy atom. The Morgan fingerprint density at radius 3 is 2.51 bits per heavy atom. The predicted octanol–water partition coefficient (Wildman–Crippen LogP) is 6.36. The number of aromatic nitrogens is 1. The predicted molar refractivity (Wildman–Crippen MR) is 139 cm³/mol. The van der Waals surface area contributed by atoms with Crippen LogP contribution >= 0.6 is 34.5 Å². The number of nitrogens with one attached hydrogen (secondary N) is 1. The van der Waals surface area contributed by atoms with E-state index >= 15 is 0 Å². The van der Waals surface area contributed by atoms with Crippen molar-refractivity contribution in [3.05, 3.63) is 63.8 Å². The average Bonchev–Trinajstić information content (AvgIpc) is 3.42. The van der Waals surface area contributed by atoms with Crippen LogP contribution in [-0.2, 0) is 23.1 Å². The van der Waals surface area contributed by atoms with Crippen LogP contribution < -0.4 is 4.72 Å². The number of benzene rings is 2. The lowest BCUT2D eigenvalue weighted by molar-refractivity contribution is -0.136. The van der Waals surface area contributed by atoms with E-state index in [0.717, 1.165) is 45.0 Å².